The molecule has 28 heavy (non-hydrogen) atoms. The van der Waals surface area contributed by atoms with Gasteiger partial charge in [-0.15, -0.1) is 0 Å². The second kappa shape index (κ2) is 7.06. The Morgan fingerprint density at radius 2 is 1.79 bits per heavy atom. The van der Waals surface area contributed by atoms with Gasteiger partial charge in [-0.1, -0.05) is 41.9 Å². The Morgan fingerprint density at radius 3 is 2.54 bits per heavy atom. The largest absolute Gasteiger partial charge is 0.291 e. The van der Waals surface area contributed by atoms with E-state index in [9.17, 15) is 0 Å². The van der Waals surface area contributed by atoms with E-state index in [1.807, 2.05) is 48.9 Å². The van der Waals surface area contributed by atoms with Crippen LogP contribution in [0.1, 0.15) is 5.56 Å². The van der Waals surface area contributed by atoms with E-state index in [-0.39, 0.29) is 0 Å². The number of hydrogen-bond donors (Lipinski definition) is 0. The number of hydrogen-bond acceptors (Lipinski definition) is 3. The van der Waals surface area contributed by atoms with E-state index in [4.69, 9.17) is 16.6 Å². The first-order valence-electron chi connectivity index (χ1n) is 9.16. The van der Waals surface area contributed by atoms with Crippen LogP contribution in [0.3, 0.4) is 0 Å². The smallest absolute Gasteiger partial charge is 0.145 e. The fraction of sp³-hybridized carbons (Fsp3) is 0.0870. The molecule has 1 aliphatic heterocycles. The van der Waals surface area contributed by atoms with Gasteiger partial charge in [0.15, 0.2) is 0 Å². The second-order valence-electron chi connectivity index (χ2n) is 6.82. The van der Waals surface area contributed by atoms with Crippen molar-refractivity contribution in [3.63, 3.8) is 0 Å². The summed E-state index contributed by atoms with van der Waals surface area (Å²) in [5, 5.41) is 0.710. The first-order chi connectivity index (χ1) is 13.8. The molecule has 4 nitrogen and oxygen atoms in total. The Morgan fingerprint density at radius 1 is 0.964 bits per heavy atom. The van der Waals surface area contributed by atoms with Gasteiger partial charge in [0.2, 0.25) is 0 Å². The highest BCUT2D eigenvalue weighted by atomic mass is 35.5. The van der Waals surface area contributed by atoms with Crippen LogP contribution < -0.4 is 0 Å². The van der Waals surface area contributed by atoms with Gasteiger partial charge in [-0.2, -0.15) is 0 Å². The minimum atomic E-state index is 0.385. The Hall–Kier alpha value is -3.24. The van der Waals surface area contributed by atoms with Gasteiger partial charge in [0.1, 0.15) is 5.82 Å². The van der Waals surface area contributed by atoms with Crippen molar-refractivity contribution < 1.29 is 0 Å². The molecule has 0 saturated heterocycles. The average molecular weight is 385 g/mol. The molecule has 0 saturated carbocycles. The standard InChI is InChI=1S/C23H17ClN4/c24-19-5-7-20(8-6-19)28-22-15-26-12-10-21(22)27-23(28)18-3-1-16(2-4-18)13-17-9-11-25-14-17/h1-12,14-15,17H,13H2. The summed E-state index contributed by atoms with van der Waals surface area (Å²) < 4.78 is 2.13. The van der Waals surface area contributed by atoms with Crippen molar-refractivity contribution in [1.82, 2.24) is 14.5 Å². The zero-order valence-electron chi connectivity index (χ0n) is 15.0. The van der Waals surface area contributed by atoms with Crippen LogP contribution in [0.5, 0.6) is 0 Å². The molecular formula is C23H17ClN4. The van der Waals surface area contributed by atoms with E-state index in [0.717, 1.165) is 34.5 Å². The van der Waals surface area contributed by atoms with Crippen LogP contribution >= 0.6 is 11.6 Å². The summed E-state index contributed by atoms with van der Waals surface area (Å²) >= 11 is 6.08. The molecule has 1 aliphatic rings. The van der Waals surface area contributed by atoms with Gasteiger partial charge in [-0.3, -0.25) is 14.5 Å². The maximum atomic E-state index is 6.08. The third-order valence-corrected chi connectivity index (χ3v) is 5.17. The number of fused-ring (bicyclic) bond motifs is 1. The summed E-state index contributed by atoms with van der Waals surface area (Å²) in [6.45, 7) is 0. The minimum absolute atomic E-state index is 0.385. The molecule has 2 aromatic carbocycles. The first kappa shape index (κ1) is 16.9. The number of benzene rings is 2. The lowest BCUT2D eigenvalue weighted by Crippen LogP contribution is -2.00. The van der Waals surface area contributed by atoms with Crippen LogP contribution in [-0.2, 0) is 6.42 Å². The van der Waals surface area contributed by atoms with Gasteiger partial charge >= 0.3 is 0 Å². The van der Waals surface area contributed by atoms with E-state index < -0.39 is 0 Å². The lowest BCUT2D eigenvalue weighted by atomic mass is 10.00. The summed E-state index contributed by atoms with van der Waals surface area (Å²) in [5.74, 6) is 1.27. The highest BCUT2D eigenvalue weighted by molar-refractivity contribution is 6.30. The van der Waals surface area contributed by atoms with Crippen molar-refractivity contribution in [1.29, 1.82) is 0 Å². The quantitative estimate of drug-likeness (QED) is 0.466. The predicted molar refractivity (Wildman–Crippen MR) is 114 cm³/mol. The number of halogens is 1. The fourth-order valence-electron chi connectivity index (χ4n) is 3.52. The van der Waals surface area contributed by atoms with Crippen molar-refractivity contribution in [2.24, 2.45) is 10.9 Å². The van der Waals surface area contributed by atoms with E-state index in [1.165, 1.54) is 5.56 Å². The van der Waals surface area contributed by atoms with Crippen LogP contribution in [0.4, 0.5) is 0 Å². The van der Waals surface area contributed by atoms with Crippen LogP contribution in [0.15, 0.2) is 84.3 Å². The highest BCUT2D eigenvalue weighted by Gasteiger charge is 2.15. The highest BCUT2D eigenvalue weighted by Crippen LogP contribution is 2.29. The molecule has 3 heterocycles. The van der Waals surface area contributed by atoms with Gasteiger partial charge < -0.3 is 0 Å². The molecule has 0 aliphatic carbocycles. The fourth-order valence-corrected chi connectivity index (χ4v) is 3.65. The van der Waals surface area contributed by atoms with E-state index in [2.05, 4.69) is 44.9 Å². The number of imidazole rings is 1. The zero-order chi connectivity index (χ0) is 18.9. The van der Waals surface area contributed by atoms with Gasteiger partial charge in [0.25, 0.3) is 0 Å². The lowest BCUT2D eigenvalue weighted by Gasteiger charge is -2.10. The Bertz CT molecular complexity index is 1180. The third-order valence-electron chi connectivity index (χ3n) is 4.92. The molecule has 0 spiro atoms. The third kappa shape index (κ3) is 3.12. The monoisotopic (exact) mass is 384 g/mol. The second-order valence-corrected chi connectivity index (χ2v) is 7.25. The molecule has 0 bridgehead atoms. The molecule has 0 fully saturated rings. The molecule has 1 atom stereocenters. The Balaban J connectivity index is 1.58. The van der Waals surface area contributed by atoms with E-state index in [1.54, 1.807) is 6.20 Å². The maximum Gasteiger partial charge on any atom is 0.145 e. The molecule has 0 N–H and O–H groups in total. The molecule has 5 rings (SSSR count). The van der Waals surface area contributed by atoms with E-state index in [0.29, 0.717) is 10.9 Å². The molecule has 0 amide bonds. The van der Waals surface area contributed by atoms with Crippen molar-refractivity contribution in [3.05, 3.63) is 89.9 Å². The molecular weight excluding hydrogens is 368 g/mol. The Kier molecular flexibility index (Phi) is 4.26. The maximum absolute atomic E-state index is 6.08. The SMILES string of the molecule is Clc1ccc(-n2c(-c3ccc(CC4C=CN=C4)cc3)nc3ccncc32)cc1. The van der Waals surface area contributed by atoms with Crippen molar-refractivity contribution in [3.8, 4) is 17.1 Å². The van der Waals surface area contributed by atoms with Crippen molar-refractivity contribution in [2.75, 3.05) is 0 Å². The first-order valence-corrected chi connectivity index (χ1v) is 9.53. The summed E-state index contributed by atoms with van der Waals surface area (Å²) in [6.07, 6.45) is 10.5. The number of allylic oxidation sites excluding steroid dienone is 1. The number of rotatable bonds is 4. The van der Waals surface area contributed by atoms with Crippen LogP contribution in [0, 0.1) is 5.92 Å². The van der Waals surface area contributed by atoms with Crippen molar-refractivity contribution in [2.45, 2.75) is 6.42 Å². The Labute approximate surface area is 167 Å². The molecule has 1 unspecified atom stereocenters. The number of nitrogens with zero attached hydrogens (tertiary/aromatic N) is 4. The molecule has 0 radical (unpaired) electrons. The number of aromatic nitrogens is 3. The number of pyridine rings is 1. The number of aliphatic imine (C=N–C) groups is 1. The minimum Gasteiger partial charge on any atom is -0.291 e. The van der Waals surface area contributed by atoms with Gasteiger partial charge in [0.05, 0.1) is 17.2 Å². The molecule has 136 valence electrons. The normalized spacial score (nSPS) is 15.5. The lowest BCUT2D eigenvalue weighted by molar-refractivity contribution is 0.879. The zero-order valence-corrected chi connectivity index (χ0v) is 15.8. The van der Waals surface area contributed by atoms with Crippen LogP contribution in [0.2, 0.25) is 5.02 Å². The predicted octanol–water partition coefficient (Wildman–Crippen LogP) is 5.50. The molecule has 5 heteroatoms. The summed E-state index contributed by atoms with van der Waals surface area (Å²) in [5.41, 5.74) is 5.23. The average Bonchev–Trinajstić information content (AvgIpc) is 3.37. The van der Waals surface area contributed by atoms with Crippen molar-refractivity contribution >= 4 is 28.8 Å². The topological polar surface area (TPSA) is 43.1 Å². The van der Waals surface area contributed by atoms with Gasteiger partial charge in [-0.05, 0) is 42.3 Å². The summed E-state index contributed by atoms with van der Waals surface area (Å²) in [6, 6.07) is 18.3. The molecule has 2 aromatic heterocycles. The summed E-state index contributed by atoms with van der Waals surface area (Å²) in [4.78, 5) is 13.3. The van der Waals surface area contributed by atoms with Gasteiger partial charge in [0, 0.05) is 40.8 Å². The van der Waals surface area contributed by atoms with Crippen LogP contribution in [-0.4, -0.2) is 20.7 Å². The van der Waals surface area contributed by atoms with Gasteiger partial charge in [-0.25, -0.2) is 4.98 Å². The summed E-state index contributed by atoms with van der Waals surface area (Å²) in [7, 11) is 0. The molecule has 4 aromatic rings. The van der Waals surface area contributed by atoms with E-state index >= 15 is 0 Å². The van der Waals surface area contributed by atoms with Crippen LogP contribution in [0.25, 0.3) is 28.1 Å².